The molecule has 150 valence electrons. The van der Waals surface area contributed by atoms with E-state index in [1.54, 1.807) is 11.8 Å². The summed E-state index contributed by atoms with van der Waals surface area (Å²) >= 11 is 1.62. The van der Waals surface area contributed by atoms with Gasteiger partial charge in [0.05, 0.1) is 11.0 Å². The van der Waals surface area contributed by atoms with Gasteiger partial charge in [0.25, 0.3) is 5.91 Å². The zero-order valence-corrected chi connectivity index (χ0v) is 17.8. The number of likely N-dealkylation sites (tertiary alicyclic amines) is 1. The number of halogens is 2. The number of fused-ring (bicyclic) bond motifs is 1. The second-order valence-electron chi connectivity index (χ2n) is 6.66. The first-order valence-corrected chi connectivity index (χ1v) is 9.89. The lowest BCUT2D eigenvalue weighted by Gasteiger charge is -2.31. The van der Waals surface area contributed by atoms with Gasteiger partial charge in [-0.3, -0.25) is 4.79 Å². The second-order valence-corrected chi connectivity index (χ2v) is 7.62. The van der Waals surface area contributed by atoms with E-state index >= 15 is 0 Å². The molecule has 28 heavy (non-hydrogen) atoms. The molecule has 1 aromatic heterocycles. The number of nitrogens with one attached hydrogen (secondary N) is 1. The van der Waals surface area contributed by atoms with Gasteiger partial charge in [-0.2, -0.15) is 0 Å². The van der Waals surface area contributed by atoms with Crippen LogP contribution in [0.5, 0.6) is 0 Å². The highest BCUT2D eigenvalue weighted by Crippen LogP contribution is 2.25. The number of aromatic amines is 1. The predicted octanol–water partition coefficient (Wildman–Crippen LogP) is 4.26. The number of hydrogen-bond donors (Lipinski definition) is 2. The summed E-state index contributed by atoms with van der Waals surface area (Å²) in [6.07, 6.45) is 1.97. The molecule has 3 N–H and O–H groups in total. The maximum absolute atomic E-state index is 13.0. The average molecular weight is 439 g/mol. The number of H-pyrrole nitrogens is 1. The fraction of sp³-hybridized carbons (Fsp3) is 0.300. The molecule has 4 rings (SSSR count). The molecule has 3 aromatic rings. The number of piperidine rings is 1. The number of hydrogen-bond acceptors (Lipinski definition) is 4. The van der Waals surface area contributed by atoms with Crippen LogP contribution in [0.3, 0.4) is 0 Å². The topological polar surface area (TPSA) is 75.0 Å². The summed E-state index contributed by atoms with van der Waals surface area (Å²) in [7, 11) is 0. The third-order valence-electron chi connectivity index (χ3n) is 4.72. The molecule has 1 aliphatic rings. The zero-order chi connectivity index (χ0) is 17.9. The summed E-state index contributed by atoms with van der Waals surface area (Å²) in [4.78, 5) is 22.8. The Bertz CT molecular complexity index is 900. The maximum Gasteiger partial charge on any atom is 0.254 e. The number of rotatable bonds is 4. The number of amides is 1. The van der Waals surface area contributed by atoms with Gasteiger partial charge in [0.2, 0.25) is 0 Å². The van der Waals surface area contributed by atoms with E-state index in [9.17, 15) is 4.79 Å². The van der Waals surface area contributed by atoms with Crippen LogP contribution in [-0.2, 0) is 5.75 Å². The quantitative estimate of drug-likeness (QED) is 0.596. The highest BCUT2D eigenvalue weighted by molar-refractivity contribution is 7.98. The van der Waals surface area contributed by atoms with Crippen LogP contribution in [0.25, 0.3) is 11.0 Å². The van der Waals surface area contributed by atoms with Crippen LogP contribution in [0, 0.1) is 0 Å². The summed E-state index contributed by atoms with van der Waals surface area (Å²) in [5, 5.41) is 0.869. The van der Waals surface area contributed by atoms with Crippen molar-refractivity contribution < 1.29 is 4.79 Å². The van der Waals surface area contributed by atoms with E-state index < -0.39 is 0 Å². The number of aromatic nitrogens is 2. The van der Waals surface area contributed by atoms with Gasteiger partial charge >= 0.3 is 0 Å². The van der Waals surface area contributed by atoms with Crippen molar-refractivity contribution in [2.24, 2.45) is 5.73 Å². The summed E-state index contributed by atoms with van der Waals surface area (Å²) in [6, 6.07) is 15.9. The van der Waals surface area contributed by atoms with Crippen molar-refractivity contribution in [1.29, 1.82) is 0 Å². The van der Waals surface area contributed by atoms with Crippen LogP contribution in [-0.4, -0.2) is 39.9 Å². The predicted molar refractivity (Wildman–Crippen MR) is 120 cm³/mol. The third-order valence-corrected chi connectivity index (χ3v) is 5.65. The van der Waals surface area contributed by atoms with Gasteiger partial charge in [-0.15, -0.1) is 24.8 Å². The monoisotopic (exact) mass is 438 g/mol. The fourth-order valence-electron chi connectivity index (χ4n) is 3.36. The van der Waals surface area contributed by atoms with E-state index in [2.05, 4.69) is 9.97 Å². The molecule has 1 saturated heterocycles. The summed E-state index contributed by atoms with van der Waals surface area (Å²) < 4.78 is 0. The van der Waals surface area contributed by atoms with Gasteiger partial charge in [-0.1, -0.05) is 42.1 Å². The van der Waals surface area contributed by atoms with Crippen LogP contribution in [0.2, 0.25) is 0 Å². The lowest BCUT2D eigenvalue weighted by Crippen LogP contribution is -2.45. The Morgan fingerprint density at radius 1 is 1.18 bits per heavy atom. The van der Waals surface area contributed by atoms with Crippen molar-refractivity contribution in [3.63, 3.8) is 0 Å². The molecule has 1 unspecified atom stereocenters. The number of benzene rings is 2. The van der Waals surface area contributed by atoms with Crippen LogP contribution in [0.4, 0.5) is 0 Å². The molecule has 1 aliphatic heterocycles. The largest absolute Gasteiger partial charge is 0.337 e. The van der Waals surface area contributed by atoms with Crippen molar-refractivity contribution >= 4 is 53.5 Å². The number of carbonyl (C=O) groups excluding carboxylic acids is 1. The van der Waals surface area contributed by atoms with Gasteiger partial charge in [0.15, 0.2) is 5.16 Å². The van der Waals surface area contributed by atoms with E-state index in [0.717, 1.165) is 46.7 Å². The van der Waals surface area contributed by atoms with Crippen molar-refractivity contribution in [3.8, 4) is 0 Å². The van der Waals surface area contributed by atoms with E-state index in [1.165, 1.54) is 0 Å². The molecular formula is C20H24Cl2N4OS. The molecule has 2 heterocycles. The lowest BCUT2D eigenvalue weighted by atomic mass is 10.0. The smallest absolute Gasteiger partial charge is 0.254 e. The molecule has 0 radical (unpaired) electrons. The number of thioether (sulfide) groups is 1. The number of carbonyl (C=O) groups is 1. The Morgan fingerprint density at radius 2 is 1.93 bits per heavy atom. The van der Waals surface area contributed by atoms with E-state index in [1.807, 2.05) is 53.4 Å². The SMILES string of the molecule is Cl.Cl.NC1CCCN(C(=O)c2ccccc2CSc2nc3ccccc3[nH]2)C1. The number of nitrogens with zero attached hydrogens (tertiary/aromatic N) is 2. The van der Waals surface area contributed by atoms with E-state index in [0.29, 0.717) is 12.3 Å². The molecule has 0 bridgehead atoms. The first-order chi connectivity index (χ1) is 12.7. The molecule has 1 atom stereocenters. The Morgan fingerprint density at radius 3 is 2.71 bits per heavy atom. The first kappa shape index (κ1) is 22.6. The normalized spacial score (nSPS) is 16.3. The van der Waals surface area contributed by atoms with Gasteiger partial charge in [-0.05, 0) is 36.6 Å². The minimum Gasteiger partial charge on any atom is -0.337 e. The minimum absolute atomic E-state index is 0. The molecule has 8 heteroatoms. The highest BCUT2D eigenvalue weighted by atomic mass is 35.5. The Kier molecular flexibility index (Phi) is 8.19. The lowest BCUT2D eigenvalue weighted by molar-refractivity contribution is 0.0708. The summed E-state index contributed by atoms with van der Waals surface area (Å²) in [6.45, 7) is 1.43. The van der Waals surface area contributed by atoms with E-state index in [4.69, 9.17) is 5.73 Å². The highest BCUT2D eigenvalue weighted by Gasteiger charge is 2.23. The Hall–Kier alpha value is -1.73. The van der Waals surface area contributed by atoms with Gasteiger partial charge in [0.1, 0.15) is 0 Å². The van der Waals surface area contributed by atoms with Crippen LogP contribution >= 0.6 is 36.6 Å². The average Bonchev–Trinajstić information content (AvgIpc) is 3.09. The minimum atomic E-state index is 0. The standard InChI is InChI=1S/C20H22N4OS.2ClH/c21-15-7-5-11-24(12-15)19(25)16-8-2-1-6-14(16)13-26-20-22-17-9-3-4-10-18(17)23-20;;/h1-4,6,8-10,15H,5,7,11-13,21H2,(H,22,23);2*1H. The maximum atomic E-state index is 13.0. The third kappa shape index (κ3) is 5.00. The van der Waals surface area contributed by atoms with Crippen molar-refractivity contribution in [3.05, 3.63) is 59.7 Å². The van der Waals surface area contributed by atoms with E-state index in [-0.39, 0.29) is 36.8 Å². The molecule has 5 nitrogen and oxygen atoms in total. The molecule has 2 aromatic carbocycles. The Labute approximate surface area is 181 Å². The number of nitrogens with two attached hydrogens (primary N) is 1. The van der Waals surface area contributed by atoms with Crippen molar-refractivity contribution in [1.82, 2.24) is 14.9 Å². The fourth-order valence-corrected chi connectivity index (χ4v) is 4.25. The second kappa shape index (κ2) is 10.2. The molecule has 0 saturated carbocycles. The molecule has 1 amide bonds. The zero-order valence-electron chi connectivity index (χ0n) is 15.3. The Balaban J connectivity index is 0.00000140. The molecule has 0 aliphatic carbocycles. The molecule has 0 spiro atoms. The number of para-hydroxylation sites is 2. The van der Waals surface area contributed by atoms with Crippen molar-refractivity contribution in [2.75, 3.05) is 13.1 Å². The van der Waals surface area contributed by atoms with Gasteiger partial charge in [0, 0.05) is 30.4 Å². The van der Waals surface area contributed by atoms with Gasteiger partial charge < -0.3 is 15.6 Å². The first-order valence-electron chi connectivity index (χ1n) is 8.91. The van der Waals surface area contributed by atoms with Crippen LogP contribution in [0.15, 0.2) is 53.7 Å². The van der Waals surface area contributed by atoms with Gasteiger partial charge in [-0.25, -0.2) is 4.98 Å². The summed E-state index contributed by atoms with van der Waals surface area (Å²) in [5.41, 5.74) is 9.83. The molecular weight excluding hydrogens is 415 g/mol. The van der Waals surface area contributed by atoms with Crippen LogP contribution in [0.1, 0.15) is 28.8 Å². The molecule has 1 fully saturated rings. The summed E-state index contributed by atoms with van der Waals surface area (Å²) in [5.74, 6) is 0.780. The number of imidazole rings is 1. The van der Waals surface area contributed by atoms with Crippen LogP contribution < -0.4 is 5.73 Å². The van der Waals surface area contributed by atoms with Crippen molar-refractivity contribution in [2.45, 2.75) is 29.8 Å².